The van der Waals surface area contributed by atoms with Crippen molar-refractivity contribution >= 4 is 5.69 Å². The summed E-state index contributed by atoms with van der Waals surface area (Å²) in [7, 11) is 2.07. The van der Waals surface area contributed by atoms with E-state index in [1.807, 2.05) is 0 Å². The van der Waals surface area contributed by atoms with E-state index in [1.54, 1.807) is 0 Å². The molecule has 1 aliphatic rings. The lowest BCUT2D eigenvalue weighted by Gasteiger charge is -2.29. The van der Waals surface area contributed by atoms with Crippen molar-refractivity contribution < 1.29 is 0 Å². The quantitative estimate of drug-likeness (QED) is 0.760. The van der Waals surface area contributed by atoms with Gasteiger partial charge >= 0.3 is 0 Å². The van der Waals surface area contributed by atoms with Gasteiger partial charge in [0.2, 0.25) is 0 Å². The van der Waals surface area contributed by atoms with Crippen LogP contribution in [0, 0.1) is 5.92 Å². The summed E-state index contributed by atoms with van der Waals surface area (Å²) in [6.07, 6.45) is 5.20. The third kappa shape index (κ3) is 3.73. The smallest absolute Gasteiger partial charge is 0.0414 e. The van der Waals surface area contributed by atoms with Crippen molar-refractivity contribution in [3.63, 3.8) is 0 Å². The zero-order chi connectivity index (χ0) is 13.7. The van der Waals surface area contributed by atoms with Gasteiger partial charge in [-0.15, -0.1) is 0 Å². The molecule has 1 atom stereocenters. The van der Waals surface area contributed by atoms with Gasteiger partial charge in [0, 0.05) is 24.8 Å². The van der Waals surface area contributed by atoms with E-state index < -0.39 is 0 Å². The first-order valence-corrected chi connectivity index (χ1v) is 7.81. The summed E-state index contributed by atoms with van der Waals surface area (Å²) >= 11 is 0. The Bertz CT molecular complexity index is 381. The van der Waals surface area contributed by atoms with Gasteiger partial charge in [0.1, 0.15) is 0 Å². The highest BCUT2D eigenvalue weighted by Gasteiger charge is 2.25. The average Bonchev–Trinajstić information content (AvgIpc) is 3.24. The fourth-order valence-corrected chi connectivity index (χ4v) is 2.84. The van der Waals surface area contributed by atoms with E-state index in [-0.39, 0.29) is 0 Å². The van der Waals surface area contributed by atoms with Crippen LogP contribution in [0.1, 0.15) is 51.1 Å². The first-order chi connectivity index (χ1) is 9.30. The molecule has 0 aromatic heterocycles. The van der Waals surface area contributed by atoms with Gasteiger partial charge < -0.3 is 10.2 Å². The summed E-state index contributed by atoms with van der Waals surface area (Å²) in [6, 6.07) is 9.40. The SMILES string of the molecule is CCCN(CC1CC1)c1ccccc1C(CC)NC. The molecule has 1 saturated carbocycles. The molecule has 2 nitrogen and oxygen atoms in total. The second kappa shape index (κ2) is 6.95. The van der Waals surface area contributed by atoms with Crippen LogP contribution >= 0.6 is 0 Å². The molecule has 2 heteroatoms. The van der Waals surface area contributed by atoms with Crippen LogP contribution in [0.25, 0.3) is 0 Å². The van der Waals surface area contributed by atoms with Gasteiger partial charge in [0.25, 0.3) is 0 Å². The summed E-state index contributed by atoms with van der Waals surface area (Å²) < 4.78 is 0. The van der Waals surface area contributed by atoms with Crippen LogP contribution in [0.5, 0.6) is 0 Å². The molecule has 1 N–H and O–H groups in total. The Morgan fingerprint density at radius 2 is 2.00 bits per heavy atom. The highest BCUT2D eigenvalue weighted by atomic mass is 15.1. The van der Waals surface area contributed by atoms with Crippen LogP contribution in [0.4, 0.5) is 5.69 Å². The van der Waals surface area contributed by atoms with Crippen molar-refractivity contribution in [1.29, 1.82) is 0 Å². The molecule has 1 aliphatic carbocycles. The zero-order valence-corrected chi connectivity index (χ0v) is 12.7. The number of nitrogens with one attached hydrogen (secondary N) is 1. The molecule has 0 aliphatic heterocycles. The lowest BCUT2D eigenvalue weighted by Crippen LogP contribution is -2.29. The molecule has 0 radical (unpaired) electrons. The van der Waals surface area contributed by atoms with Crippen molar-refractivity contribution in [2.24, 2.45) is 5.92 Å². The van der Waals surface area contributed by atoms with Crippen LogP contribution < -0.4 is 10.2 Å². The van der Waals surface area contributed by atoms with E-state index in [4.69, 9.17) is 0 Å². The molecule has 1 aromatic rings. The maximum Gasteiger partial charge on any atom is 0.0414 e. The molecular formula is C17H28N2. The van der Waals surface area contributed by atoms with E-state index in [0.717, 1.165) is 12.3 Å². The molecule has 1 fully saturated rings. The van der Waals surface area contributed by atoms with Gasteiger partial charge in [0.15, 0.2) is 0 Å². The largest absolute Gasteiger partial charge is 0.371 e. The Kier molecular flexibility index (Phi) is 5.26. The fourth-order valence-electron chi connectivity index (χ4n) is 2.84. The van der Waals surface area contributed by atoms with E-state index in [2.05, 4.69) is 55.4 Å². The molecule has 0 saturated heterocycles. The molecule has 0 heterocycles. The van der Waals surface area contributed by atoms with Gasteiger partial charge in [-0.25, -0.2) is 0 Å². The number of rotatable bonds is 8. The second-order valence-corrected chi connectivity index (χ2v) is 5.70. The minimum atomic E-state index is 0.467. The van der Waals surface area contributed by atoms with Gasteiger partial charge in [-0.05, 0) is 50.3 Å². The van der Waals surface area contributed by atoms with Crippen LogP contribution in [-0.2, 0) is 0 Å². The number of hydrogen-bond acceptors (Lipinski definition) is 2. The summed E-state index contributed by atoms with van der Waals surface area (Å²) in [5, 5.41) is 3.45. The maximum atomic E-state index is 3.45. The number of anilines is 1. The third-order valence-electron chi connectivity index (χ3n) is 4.08. The minimum absolute atomic E-state index is 0.467. The third-order valence-corrected chi connectivity index (χ3v) is 4.08. The molecule has 1 unspecified atom stereocenters. The van der Waals surface area contributed by atoms with Crippen LogP contribution in [-0.4, -0.2) is 20.1 Å². The Morgan fingerprint density at radius 1 is 1.26 bits per heavy atom. The summed E-state index contributed by atoms with van der Waals surface area (Å²) in [5.41, 5.74) is 2.90. The van der Waals surface area contributed by atoms with E-state index >= 15 is 0 Å². The molecule has 2 rings (SSSR count). The number of benzene rings is 1. The molecule has 106 valence electrons. The molecule has 1 aromatic carbocycles. The zero-order valence-electron chi connectivity index (χ0n) is 12.7. The molecule has 0 amide bonds. The van der Waals surface area contributed by atoms with Gasteiger partial charge in [-0.2, -0.15) is 0 Å². The fraction of sp³-hybridized carbons (Fsp3) is 0.647. The van der Waals surface area contributed by atoms with Crippen LogP contribution in [0.3, 0.4) is 0 Å². The van der Waals surface area contributed by atoms with Gasteiger partial charge in [-0.3, -0.25) is 0 Å². The van der Waals surface area contributed by atoms with Crippen molar-refractivity contribution in [3.8, 4) is 0 Å². The minimum Gasteiger partial charge on any atom is -0.371 e. The summed E-state index contributed by atoms with van der Waals surface area (Å²) in [5.74, 6) is 0.939. The highest BCUT2D eigenvalue weighted by Crippen LogP contribution is 2.34. The summed E-state index contributed by atoms with van der Waals surface area (Å²) in [4.78, 5) is 2.60. The second-order valence-electron chi connectivity index (χ2n) is 5.70. The van der Waals surface area contributed by atoms with Crippen LogP contribution in [0.2, 0.25) is 0 Å². The average molecular weight is 260 g/mol. The molecule has 0 bridgehead atoms. The van der Waals surface area contributed by atoms with Gasteiger partial charge in [-0.1, -0.05) is 32.0 Å². The molecule has 19 heavy (non-hydrogen) atoms. The lowest BCUT2D eigenvalue weighted by molar-refractivity contribution is 0.572. The standard InChI is InChI=1S/C17H28N2/c1-4-12-19(13-14-10-11-14)17-9-7-6-8-15(17)16(5-2)18-3/h6-9,14,16,18H,4-5,10-13H2,1-3H3. The molecule has 0 spiro atoms. The first-order valence-electron chi connectivity index (χ1n) is 7.81. The first kappa shape index (κ1) is 14.4. The monoisotopic (exact) mass is 260 g/mol. The van der Waals surface area contributed by atoms with Crippen molar-refractivity contribution in [3.05, 3.63) is 29.8 Å². The van der Waals surface area contributed by atoms with Crippen molar-refractivity contribution in [1.82, 2.24) is 5.32 Å². The van der Waals surface area contributed by atoms with E-state index in [1.165, 1.54) is 43.6 Å². The number of nitrogens with zero attached hydrogens (tertiary/aromatic N) is 1. The number of hydrogen-bond donors (Lipinski definition) is 1. The lowest BCUT2D eigenvalue weighted by atomic mass is 10.0. The van der Waals surface area contributed by atoms with E-state index in [0.29, 0.717) is 6.04 Å². The Hall–Kier alpha value is -1.02. The Labute approximate surface area is 118 Å². The summed E-state index contributed by atoms with van der Waals surface area (Å²) in [6.45, 7) is 6.94. The van der Waals surface area contributed by atoms with Gasteiger partial charge in [0.05, 0.1) is 0 Å². The predicted octanol–water partition coefficient (Wildman–Crippen LogP) is 3.98. The predicted molar refractivity (Wildman–Crippen MR) is 83.8 cm³/mol. The normalized spacial score (nSPS) is 16.4. The number of para-hydroxylation sites is 1. The Balaban J connectivity index is 2.23. The highest BCUT2D eigenvalue weighted by molar-refractivity contribution is 5.55. The van der Waals surface area contributed by atoms with Crippen LogP contribution in [0.15, 0.2) is 24.3 Å². The molecular weight excluding hydrogens is 232 g/mol. The van der Waals surface area contributed by atoms with E-state index in [9.17, 15) is 0 Å². The topological polar surface area (TPSA) is 15.3 Å². The maximum absolute atomic E-state index is 3.45. The Morgan fingerprint density at radius 3 is 2.58 bits per heavy atom. The van der Waals surface area contributed by atoms with Crippen molar-refractivity contribution in [2.75, 3.05) is 25.0 Å². The van der Waals surface area contributed by atoms with Crippen molar-refractivity contribution in [2.45, 2.75) is 45.6 Å².